The molecule has 118 valence electrons. The van der Waals surface area contributed by atoms with Crippen LogP contribution in [-0.2, 0) is 19.1 Å². The second kappa shape index (κ2) is 26.3. The highest BCUT2D eigenvalue weighted by molar-refractivity contribution is 5.65. The SMILES string of the molecule is CC#N.CCOC(C)=O.O=C=NCCCCCCN=C=O. The molecule has 0 aliphatic carbocycles. The van der Waals surface area contributed by atoms with Crippen LogP contribution in [0.1, 0.15) is 46.5 Å². The molecule has 0 amide bonds. The molecule has 0 saturated carbocycles. The summed E-state index contributed by atoms with van der Waals surface area (Å²) in [6.07, 6.45) is 6.80. The fraction of sp³-hybridized carbons (Fsp3) is 0.714. The summed E-state index contributed by atoms with van der Waals surface area (Å²) >= 11 is 0. The smallest absolute Gasteiger partial charge is 0.302 e. The Morgan fingerprint density at radius 3 is 1.62 bits per heavy atom. The molecule has 0 atom stereocenters. The Balaban J connectivity index is -0.000000300. The number of rotatable bonds is 8. The van der Waals surface area contributed by atoms with Crippen LogP contribution in [0.15, 0.2) is 9.98 Å². The second-order valence-electron chi connectivity index (χ2n) is 3.51. The Morgan fingerprint density at radius 1 is 1.05 bits per heavy atom. The van der Waals surface area contributed by atoms with Gasteiger partial charge in [-0.25, -0.2) is 19.6 Å². The van der Waals surface area contributed by atoms with Gasteiger partial charge in [0.25, 0.3) is 0 Å². The average Bonchev–Trinajstić information content (AvgIpc) is 2.43. The number of hydrogen-bond acceptors (Lipinski definition) is 7. The molecule has 7 nitrogen and oxygen atoms in total. The Labute approximate surface area is 125 Å². The monoisotopic (exact) mass is 297 g/mol. The molecule has 0 aliphatic rings. The summed E-state index contributed by atoms with van der Waals surface area (Å²) in [6.45, 7) is 6.20. The molecule has 0 aromatic rings. The number of nitrogens with zero attached hydrogens (tertiary/aromatic N) is 3. The number of aliphatic imine (C=N–C) groups is 2. The second-order valence-corrected chi connectivity index (χ2v) is 3.51. The van der Waals surface area contributed by atoms with Gasteiger partial charge >= 0.3 is 5.97 Å². The summed E-state index contributed by atoms with van der Waals surface area (Å²) in [5.41, 5.74) is 0. The first-order valence-electron chi connectivity index (χ1n) is 6.62. The summed E-state index contributed by atoms with van der Waals surface area (Å²) in [7, 11) is 0. The van der Waals surface area contributed by atoms with Gasteiger partial charge in [-0.1, -0.05) is 12.8 Å². The van der Waals surface area contributed by atoms with Crippen LogP contribution < -0.4 is 0 Å². The molecule has 0 bridgehead atoms. The first kappa shape index (κ1) is 23.8. The molecule has 0 aromatic carbocycles. The lowest BCUT2D eigenvalue weighted by atomic mass is 10.2. The lowest BCUT2D eigenvalue weighted by Crippen LogP contribution is -1.95. The highest BCUT2D eigenvalue weighted by Gasteiger charge is 1.87. The van der Waals surface area contributed by atoms with Crippen LogP contribution in [0, 0.1) is 11.3 Å². The van der Waals surface area contributed by atoms with Crippen molar-refractivity contribution in [3.05, 3.63) is 0 Å². The van der Waals surface area contributed by atoms with E-state index in [2.05, 4.69) is 14.7 Å². The van der Waals surface area contributed by atoms with E-state index in [1.165, 1.54) is 26.0 Å². The molecule has 0 radical (unpaired) electrons. The summed E-state index contributed by atoms with van der Waals surface area (Å²) in [5.74, 6) is -0.211. The van der Waals surface area contributed by atoms with Crippen LogP contribution in [0.2, 0.25) is 0 Å². The molecule has 0 saturated heterocycles. The van der Waals surface area contributed by atoms with E-state index in [-0.39, 0.29) is 5.97 Å². The van der Waals surface area contributed by atoms with Crippen molar-refractivity contribution < 1.29 is 19.1 Å². The lowest BCUT2D eigenvalue weighted by Gasteiger charge is -1.93. The molecule has 21 heavy (non-hydrogen) atoms. The third kappa shape index (κ3) is 46.3. The summed E-state index contributed by atoms with van der Waals surface area (Å²) in [4.78, 5) is 35.9. The quantitative estimate of drug-likeness (QED) is 0.295. The van der Waals surface area contributed by atoms with E-state index < -0.39 is 0 Å². The van der Waals surface area contributed by atoms with E-state index in [9.17, 15) is 14.4 Å². The van der Waals surface area contributed by atoms with Crippen LogP contribution >= 0.6 is 0 Å². The molecule has 0 N–H and O–H groups in total. The van der Waals surface area contributed by atoms with Gasteiger partial charge in [-0.05, 0) is 19.8 Å². The minimum atomic E-state index is -0.211. The van der Waals surface area contributed by atoms with Crippen molar-refractivity contribution in [3.63, 3.8) is 0 Å². The van der Waals surface area contributed by atoms with Crippen molar-refractivity contribution in [1.82, 2.24) is 0 Å². The van der Waals surface area contributed by atoms with Gasteiger partial charge in [0.1, 0.15) is 0 Å². The van der Waals surface area contributed by atoms with Crippen molar-refractivity contribution in [3.8, 4) is 6.07 Å². The van der Waals surface area contributed by atoms with E-state index in [0.29, 0.717) is 19.7 Å². The van der Waals surface area contributed by atoms with Crippen molar-refractivity contribution in [2.45, 2.75) is 46.5 Å². The summed E-state index contributed by atoms with van der Waals surface area (Å²) < 4.78 is 4.40. The molecular formula is C14H23N3O4. The van der Waals surface area contributed by atoms with E-state index in [1.807, 2.05) is 0 Å². The fourth-order valence-corrected chi connectivity index (χ4v) is 1.03. The number of nitriles is 1. The Morgan fingerprint density at radius 2 is 1.43 bits per heavy atom. The van der Waals surface area contributed by atoms with E-state index in [0.717, 1.165) is 25.7 Å². The van der Waals surface area contributed by atoms with Gasteiger partial charge in [-0.2, -0.15) is 5.26 Å². The summed E-state index contributed by atoms with van der Waals surface area (Å²) in [6, 6.07) is 1.75. The van der Waals surface area contributed by atoms with Gasteiger partial charge in [-0.15, -0.1) is 0 Å². The van der Waals surface area contributed by atoms with Crippen molar-refractivity contribution in [1.29, 1.82) is 5.26 Å². The fourth-order valence-electron chi connectivity index (χ4n) is 1.03. The molecular weight excluding hydrogens is 274 g/mol. The molecule has 0 unspecified atom stereocenters. The van der Waals surface area contributed by atoms with Crippen LogP contribution in [0.25, 0.3) is 0 Å². The van der Waals surface area contributed by atoms with E-state index in [1.54, 1.807) is 13.0 Å². The lowest BCUT2D eigenvalue weighted by molar-refractivity contribution is -0.140. The van der Waals surface area contributed by atoms with Gasteiger partial charge in [0, 0.05) is 13.8 Å². The predicted octanol–water partition coefficient (Wildman–Crippen LogP) is 2.32. The van der Waals surface area contributed by atoms with Crippen LogP contribution in [0.5, 0.6) is 0 Å². The molecule has 0 spiro atoms. The first-order chi connectivity index (χ1) is 10.1. The minimum Gasteiger partial charge on any atom is -0.466 e. The maximum Gasteiger partial charge on any atom is 0.302 e. The maximum absolute atomic E-state index is 9.82. The maximum atomic E-state index is 9.82. The van der Waals surface area contributed by atoms with Crippen LogP contribution in [0.4, 0.5) is 0 Å². The van der Waals surface area contributed by atoms with Gasteiger partial charge in [0.2, 0.25) is 12.2 Å². The third-order valence-corrected chi connectivity index (χ3v) is 1.77. The molecule has 0 aliphatic heterocycles. The Bertz CT molecular complexity index is 343. The summed E-state index contributed by atoms with van der Waals surface area (Å²) in [5, 5.41) is 7.32. The molecule has 7 heteroatoms. The number of hydrogen-bond donors (Lipinski definition) is 0. The number of unbranched alkanes of at least 4 members (excludes halogenated alkanes) is 3. The highest BCUT2D eigenvalue weighted by atomic mass is 16.5. The Hall–Kier alpha value is -2.28. The number of carbonyl (C=O) groups is 1. The van der Waals surface area contributed by atoms with E-state index in [4.69, 9.17) is 5.26 Å². The zero-order chi connectivity index (χ0) is 16.8. The van der Waals surface area contributed by atoms with Crippen LogP contribution in [-0.4, -0.2) is 37.8 Å². The molecule has 0 heterocycles. The number of esters is 1. The van der Waals surface area contributed by atoms with Gasteiger partial charge < -0.3 is 4.74 Å². The van der Waals surface area contributed by atoms with Crippen molar-refractivity contribution >= 4 is 18.1 Å². The van der Waals surface area contributed by atoms with Gasteiger partial charge in [0.15, 0.2) is 0 Å². The zero-order valence-corrected chi connectivity index (χ0v) is 12.9. The standard InChI is InChI=1S/C8H12N2O2.C4H8O2.C2H3N/c11-7-9-5-3-1-2-4-6-10-8-12;1-3-6-4(2)5;1-2-3/h1-6H2;3H2,1-2H3;1H3. The zero-order valence-electron chi connectivity index (χ0n) is 12.9. The number of ether oxygens (including phenoxy) is 1. The molecule has 0 aromatic heterocycles. The normalized spacial score (nSPS) is 7.33. The van der Waals surface area contributed by atoms with Crippen molar-refractivity contribution in [2.75, 3.05) is 19.7 Å². The highest BCUT2D eigenvalue weighted by Crippen LogP contribution is 1.99. The number of isocyanates is 2. The average molecular weight is 297 g/mol. The first-order valence-corrected chi connectivity index (χ1v) is 6.62. The van der Waals surface area contributed by atoms with Gasteiger partial charge in [0.05, 0.1) is 25.8 Å². The largest absolute Gasteiger partial charge is 0.466 e. The molecule has 0 fully saturated rings. The third-order valence-electron chi connectivity index (χ3n) is 1.77. The number of carbonyl (C=O) groups excluding carboxylic acids is 3. The predicted molar refractivity (Wildman–Crippen MR) is 78.0 cm³/mol. The van der Waals surface area contributed by atoms with Crippen molar-refractivity contribution in [2.24, 2.45) is 9.98 Å². The minimum absolute atomic E-state index is 0.211. The van der Waals surface area contributed by atoms with Gasteiger partial charge in [-0.3, -0.25) is 4.79 Å². The van der Waals surface area contributed by atoms with Crippen LogP contribution in [0.3, 0.4) is 0 Å². The topological polar surface area (TPSA) is 109 Å². The Kier molecular flexibility index (Phi) is 29.8. The molecule has 0 rings (SSSR count). The van der Waals surface area contributed by atoms with E-state index >= 15 is 0 Å².